The lowest BCUT2D eigenvalue weighted by Crippen LogP contribution is -2.30. The zero-order valence-electron chi connectivity index (χ0n) is 9.88. The fraction of sp³-hybridized carbons (Fsp3) is 0.833. The van der Waals surface area contributed by atoms with Crippen LogP contribution in [0.2, 0.25) is 0 Å². The molecule has 0 aliphatic carbocycles. The zero-order chi connectivity index (χ0) is 11.5. The minimum Gasteiger partial charge on any atom is -0.341 e. The Bertz CT molecular complexity index is 208. The highest BCUT2D eigenvalue weighted by Gasteiger charge is 2.04. The lowest BCUT2D eigenvalue weighted by Gasteiger charge is -2.05. The number of hydrogen-bond acceptors (Lipinski definition) is 2. The van der Waals surface area contributed by atoms with Gasteiger partial charge in [-0.15, -0.1) is 0 Å². The summed E-state index contributed by atoms with van der Waals surface area (Å²) in [5.41, 5.74) is 0. The molecule has 0 aliphatic rings. The molecule has 0 saturated heterocycles. The first-order valence-electron chi connectivity index (χ1n) is 5.89. The van der Waals surface area contributed by atoms with E-state index in [1.165, 1.54) is 25.7 Å². The first-order valence-corrected chi connectivity index (χ1v) is 5.89. The van der Waals surface area contributed by atoms with Crippen molar-refractivity contribution in [1.82, 2.24) is 5.32 Å². The normalized spacial score (nSPS) is 11.8. The van der Waals surface area contributed by atoms with Gasteiger partial charge in [0.1, 0.15) is 6.04 Å². The number of carbonyl (C=O) groups excluding carboxylic acids is 1. The highest BCUT2D eigenvalue weighted by molar-refractivity contribution is 5.76. The summed E-state index contributed by atoms with van der Waals surface area (Å²) in [5.74, 6) is -0.000425. The van der Waals surface area contributed by atoms with Crippen molar-refractivity contribution in [3.8, 4) is 6.07 Å². The van der Waals surface area contributed by atoms with Gasteiger partial charge in [-0.2, -0.15) is 5.26 Å². The van der Waals surface area contributed by atoms with E-state index in [1.54, 1.807) is 6.92 Å². The molecule has 0 spiro atoms. The third-order valence-corrected chi connectivity index (χ3v) is 2.33. The molecule has 1 N–H and O–H groups in total. The maximum absolute atomic E-state index is 11.2. The zero-order valence-corrected chi connectivity index (χ0v) is 9.88. The van der Waals surface area contributed by atoms with Crippen LogP contribution in [0.5, 0.6) is 0 Å². The third kappa shape index (κ3) is 9.27. The summed E-state index contributed by atoms with van der Waals surface area (Å²) >= 11 is 0. The molecule has 0 aliphatic heterocycles. The van der Waals surface area contributed by atoms with Crippen LogP contribution >= 0.6 is 0 Å². The van der Waals surface area contributed by atoms with Gasteiger partial charge in [-0.25, -0.2) is 0 Å². The molecule has 0 radical (unpaired) electrons. The van der Waals surface area contributed by atoms with Gasteiger partial charge in [0.15, 0.2) is 0 Å². The molecule has 0 heterocycles. The van der Waals surface area contributed by atoms with Crippen molar-refractivity contribution in [1.29, 1.82) is 5.26 Å². The summed E-state index contributed by atoms with van der Waals surface area (Å²) in [6.07, 6.45) is 7.64. The predicted molar refractivity (Wildman–Crippen MR) is 61.2 cm³/mol. The summed E-state index contributed by atoms with van der Waals surface area (Å²) < 4.78 is 0. The van der Waals surface area contributed by atoms with Gasteiger partial charge in [0, 0.05) is 6.42 Å². The van der Waals surface area contributed by atoms with Crippen LogP contribution in [0.3, 0.4) is 0 Å². The second-order valence-corrected chi connectivity index (χ2v) is 3.94. The number of rotatable bonds is 8. The van der Waals surface area contributed by atoms with E-state index >= 15 is 0 Å². The minimum atomic E-state index is -0.363. The number of unbranched alkanes of at least 4 members (excludes halogenated alkanes) is 5. The summed E-state index contributed by atoms with van der Waals surface area (Å²) in [5, 5.41) is 11.1. The number of hydrogen-bond donors (Lipinski definition) is 1. The Morgan fingerprint density at radius 2 is 1.87 bits per heavy atom. The van der Waals surface area contributed by atoms with Gasteiger partial charge in [-0.05, 0) is 13.3 Å². The van der Waals surface area contributed by atoms with Crippen molar-refractivity contribution in [2.75, 3.05) is 0 Å². The molecule has 0 saturated carbocycles. The molecule has 1 unspecified atom stereocenters. The van der Waals surface area contributed by atoms with Crippen LogP contribution in [0.15, 0.2) is 0 Å². The van der Waals surface area contributed by atoms with Crippen LogP contribution in [0.1, 0.15) is 58.8 Å². The van der Waals surface area contributed by atoms with Crippen molar-refractivity contribution in [2.45, 2.75) is 64.8 Å². The van der Waals surface area contributed by atoms with Crippen molar-refractivity contribution >= 4 is 5.91 Å². The average molecular weight is 210 g/mol. The number of nitrogens with one attached hydrogen (secondary N) is 1. The number of amides is 1. The van der Waals surface area contributed by atoms with Gasteiger partial charge in [0.05, 0.1) is 6.07 Å². The summed E-state index contributed by atoms with van der Waals surface area (Å²) in [6, 6.07) is 1.62. The van der Waals surface area contributed by atoms with Gasteiger partial charge < -0.3 is 5.32 Å². The van der Waals surface area contributed by atoms with Crippen molar-refractivity contribution < 1.29 is 4.79 Å². The van der Waals surface area contributed by atoms with Crippen molar-refractivity contribution in [3.05, 3.63) is 0 Å². The van der Waals surface area contributed by atoms with Crippen LogP contribution in [0.25, 0.3) is 0 Å². The molecule has 86 valence electrons. The Balaban J connectivity index is 3.28. The van der Waals surface area contributed by atoms with E-state index < -0.39 is 0 Å². The Morgan fingerprint density at radius 1 is 1.27 bits per heavy atom. The van der Waals surface area contributed by atoms with E-state index in [1.807, 2.05) is 6.07 Å². The molecule has 1 amide bonds. The van der Waals surface area contributed by atoms with E-state index in [2.05, 4.69) is 12.2 Å². The van der Waals surface area contributed by atoms with Gasteiger partial charge in [0.2, 0.25) is 5.91 Å². The Kier molecular flexibility index (Phi) is 8.85. The second kappa shape index (κ2) is 9.51. The van der Waals surface area contributed by atoms with E-state index in [-0.39, 0.29) is 11.9 Å². The predicted octanol–water partition coefficient (Wildman–Crippen LogP) is 2.77. The van der Waals surface area contributed by atoms with Crippen LogP contribution in [0, 0.1) is 11.3 Å². The average Bonchev–Trinajstić information content (AvgIpc) is 2.23. The van der Waals surface area contributed by atoms with Crippen LogP contribution in [-0.4, -0.2) is 11.9 Å². The molecule has 0 aromatic heterocycles. The summed E-state index contributed by atoms with van der Waals surface area (Å²) in [4.78, 5) is 11.2. The molecule has 15 heavy (non-hydrogen) atoms. The largest absolute Gasteiger partial charge is 0.341 e. The smallest absolute Gasteiger partial charge is 0.221 e. The quantitative estimate of drug-likeness (QED) is 0.626. The third-order valence-electron chi connectivity index (χ3n) is 2.33. The SMILES string of the molecule is CCCCCCCCC(=O)NC(C)C#N. The van der Waals surface area contributed by atoms with Crippen molar-refractivity contribution in [2.24, 2.45) is 0 Å². The van der Waals surface area contributed by atoms with Gasteiger partial charge in [0.25, 0.3) is 0 Å². The molecule has 0 fully saturated rings. The fourth-order valence-electron chi connectivity index (χ4n) is 1.41. The number of nitriles is 1. The highest BCUT2D eigenvalue weighted by Crippen LogP contribution is 2.06. The van der Waals surface area contributed by atoms with Gasteiger partial charge in [-0.3, -0.25) is 4.79 Å². The van der Waals surface area contributed by atoms with E-state index in [9.17, 15) is 4.79 Å². The molecule has 3 nitrogen and oxygen atoms in total. The van der Waals surface area contributed by atoms with Crippen molar-refractivity contribution in [3.63, 3.8) is 0 Å². The Labute approximate surface area is 92.9 Å². The molecule has 0 bridgehead atoms. The van der Waals surface area contributed by atoms with Gasteiger partial charge >= 0.3 is 0 Å². The second-order valence-electron chi connectivity index (χ2n) is 3.94. The summed E-state index contributed by atoms with van der Waals surface area (Å²) in [7, 11) is 0. The fourth-order valence-corrected chi connectivity index (χ4v) is 1.41. The molecule has 3 heteroatoms. The van der Waals surface area contributed by atoms with Crippen LogP contribution in [0.4, 0.5) is 0 Å². The van der Waals surface area contributed by atoms with E-state index in [4.69, 9.17) is 5.26 Å². The number of nitrogens with zero attached hydrogens (tertiary/aromatic N) is 1. The topological polar surface area (TPSA) is 52.9 Å². The summed E-state index contributed by atoms with van der Waals surface area (Å²) in [6.45, 7) is 3.88. The van der Waals surface area contributed by atoms with E-state index in [0.29, 0.717) is 6.42 Å². The number of carbonyl (C=O) groups is 1. The molecule has 0 aromatic rings. The van der Waals surface area contributed by atoms with E-state index in [0.717, 1.165) is 12.8 Å². The highest BCUT2D eigenvalue weighted by atomic mass is 16.1. The monoisotopic (exact) mass is 210 g/mol. The maximum atomic E-state index is 11.2. The Hall–Kier alpha value is -1.04. The minimum absolute atomic E-state index is 0.000425. The lowest BCUT2D eigenvalue weighted by atomic mass is 10.1. The molecular weight excluding hydrogens is 188 g/mol. The molecule has 0 aromatic carbocycles. The Morgan fingerprint density at radius 3 is 2.47 bits per heavy atom. The molecular formula is C12H22N2O. The lowest BCUT2D eigenvalue weighted by molar-refractivity contribution is -0.121. The van der Waals surface area contributed by atoms with Gasteiger partial charge in [-0.1, -0.05) is 39.0 Å². The van der Waals surface area contributed by atoms with Crippen LogP contribution < -0.4 is 5.32 Å². The van der Waals surface area contributed by atoms with Crippen LogP contribution in [-0.2, 0) is 4.79 Å². The molecule has 0 rings (SSSR count). The maximum Gasteiger partial charge on any atom is 0.221 e. The molecule has 1 atom stereocenters. The first kappa shape index (κ1) is 14.0. The standard InChI is InChI=1S/C12H22N2O/c1-3-4-5-6-7-8-9-12(15)14-11(2)10-13/h11H,3-9H2,1-2H3,(H,14,15). The first-order chi connectivity index (χ1) is 7.20.